The zero-order valence-corrected chi connectivity index (χ0v) is 19.7. The van der Waals surface area contributed by atoms with Gasteiger partial charge in [-0.2, -0.15) is 18.3 Å². The van der Waals surface area contributed by atoms with E-state index >= 15 is 0 Å². The van der Waals surface area contributed by atoms with Crippen LogP contribution >= 0.6 is 11.8 Å². The van der Waals surface area contributed by atoms with E-state index in [1.165, 1.54) is 40.3 Å². The Bertz CT molecular complexity index is 1560. The fourth-order valence-electron chi connectivity index (χ4n) is 3.63. The maximum atomic E-state index is 14.6. The average Bonchev–Trinajstić information content (AvgIpc) is 3.62. The molecule has 1 unspecified atom stereocenters. The summed E-state index contributed by atoms with van der Waals surface area (Å²) in [5.74, 6) is -1.90. The van der Waals surface area contributed by atoms with E-state index < -0.39 is 29.0 Å². The fourth-order valence-corrected chi connectivity index (χ4v) is 4.26. The van der Waals surface area contributed by atoms with Gasteiger partial charge in [-0.3, -0.25) is 0 Å². The SMILES string of the molecule is OC(Cn1cncn1)(Cn1cc(Sc2nnc(-c3cccc(C(F)(F)F)c3)o2)nn1)c1ccc(F)cc1F. The zero-order valence-electron chi connectivity index (χ0n) is 18.9. The van der Waals surface area contributed by atoms with Crippen molar-refractivity contribution in [1.29, 1.82) is 0 Å². The van der Waals surface area contributed by atoms with E-state index in [9.17, 15) is 27.1 Å². The molecule has 0 aliphatic carbocycles. The minimum absolute atomic E-state index is 0.0214. The molecule has 0 fully saturated rings. The second-order valence-electron chi connectivity index (χ2n) is 8.06. The molecule has 1 N–H and O–H groups in total. The molecule has 0 saturated carbocycles. The lowest BCUT2D eigenvalue weighted by Crippen LogP contribution is -2.37. The number of benzene rings is 2. The number of nitrogens with zero attached hydrogens (tertiary/aromatic N) is 8. The summed E-state index contributed by atoms with van der Waals surface area (Å²) in [6.45, 7) is -0.538. The summed E-state index contributed by atoms with van der Waals surface area (Å²) < 4.78 is 75.1. The molecule has 3 aromatic heterocycles. The maximum Gasteiger partial charge on any atom is 0.416 e. The summed E-state index contributed by atoms with van der Waals surface area (Å²) in [5, 5.41) is 31.1. The minimum atomic E-state index is -4.53. The Labute approximate surface area is 214 Å². The van der Waals surface area contributed by atoms with Crippen molar-refractivity contribution in [1.82, 2.24) is 40.0 Å². The van der Waals surface area contributed by atoms with Gasteiger partial charge in [0.15, 0.2) is 0 Å². The predicted octanol–water partition coefficient (Wildman–Crippen LogP) is 3.96. The number of halogens is 5. The lowest BCUT2D eigenvalue weighted by atomic mass is 9.93. The quantitative estimate of drug-likeness (QED) is 0.286. The Morgan fingerprint density at radius 2 is 1.79 bits per heavy atom. The van der Waals surface area contributed by atoms with E-state index in [4.69, 9.17) is 4.42 Å². The highest BCUT2D eigenvalue weighted by atomic mass is 32.2. The van der Waals surface area contributed by atoms with Gasteiger partial charge in [0.1, 0.15) is 34.9 Å². The van der Waals surface area contributed by atoms with Gasteiger partial charge in [0.25, 0.3) is 5.22 Å². The number of aliphatic hydroxyl groups is 1. The van der Waals surface area contributed by atoms with Crippen molar-refractivity contribution in [3.8, 4) is 11.5 Å². The second kappa shape index (κ2) is 9.94. The average molecular weight is 550 g/mol. The molecule has 0 bridgehead atoms. The molecule has 16 heteroatoms. The molecule has 196 valence electrons. The van der Waals surface area contributed by atoms with Crippen LogP contribution in [0, 0.1) is 11.6 Å². The van der Waals surface area contributed by atoms with E-state index in [0.29, 0.717) is 6.07 Å². The van der Waals surface area contributed by atoms with E-state index in [2.05, 4.69) is 30.6 Å². The third kappa shape index (κ3) is 5.55. The zero-order chi connectivity index (χ0) is 26.9. The van der Waals surface area contributed by atoms with Crippen LogP contribution < -0.4 is 0 Å². The van der Waals surface area contributed by atoms with Crippen LogP contribution in [0.2, 0.25) is 0 Å². The molecular weight excluding hydrogens is 535 g/mol. The standard InChI is InChI=1S/C22H15F5N8O2S/c23-15-4-5-16(17(24)7-15)21(36,10-35-12-28-11-29-35)9-34-8-18(30-33-34)38-20-32-31-19(37-20)13-2-1-3-14(6-13)22(25,26)27/h1-8,11-12,36H,9-10H2. The highest BCUT2D eigenvalue weighted by Gasteiger charge is 2.35. The van der Waals surface area contributed by atoms with E-state index in [-0.39, 0.29) is 40.4 Å². The molecule has 38 heavy (non-hydrogen) atoms. The summed E-state index contributed by atoms with van der Waals surface area (Å²) in [7, 11) is 0. The molecule has 0 saturated heterocycles. The molecule has 5 rings (SSSR count). The van der Waals surface area contributed by atoms with Gasteiger partial charge in [0.05, 0.1) is 24.8 Å². The predicted molar refractivity (Wildman–Crippen MR) is 119 cm³/mol. The highest BCUT2D eigenvalue weighted by molar-refractivity contribution is 7.99. The monoisotopic (exact) mass is 550 g/mol. The summed E-state index contributed by atoms with van der Waals surface area (Å²) in [6, 6.07) is 7.25. The molecule has 10 nitrogen and oxygen atoms in total. The largest absolute Gasteiger partial charge is 0.416 e. The van der Waals surface area contributed by atoms with Crippen molar-refractivity contribution in [3.05, 3.63) is 84.1 Å². The Morgan fingerprint density at radius 1 is 0.974 bits per heavy atom. The van der Waals surface area contributed by atoms with Gasteiger partial charge in [-0.15, -0.1) is 15.3 Å². The third-order valence-electron chi connectivity index (χ3n) is 5.30. The van der Waals surface area contributed by atoms with Gasteiger partial charge in [0, 0.05) is 17.2 Å². The Balaban J connectivity index is 1.35. The van der Waals surface area contributed by atoms with Crippen molar-refractivity contribution in [3.63, 3.8) is 0 Å². The number of alkyl halides is 3. The van der Waals surface area contributed by atoms with Gasteiger partial charge in [-0.05, 0) is 36.0 Å². The fraction of sp³-hybridized carbons (Fsp3) is 0.182. The van der Waals surface area contributed by atoms with Crippen LogP contribution in [-0.4, -0.2) is 45.1 Å². The molecule has 0 amide bonds. The van der Waals surface area contributed by atoms with Crippen LogP contribution in [0.5, 0.6) is 0 Å². The molecule has 0 aliphatic rings. The first-order chi connectivity index (χ1) is 18.1. The first kappa shape index (κ1) is 25.5. The minimum Gasteiger partial charge on any atom is -0.411 e. The van der Waals surface area contributed by atoms with Crippen LogP contribution in [-0.2, 0) is 24.9 Å². The first-order valence-corrected chi connectivity index (χ1v) is 11.5. The van der Waals surface area contributed by atoms with E-state index in [1.807, 2.05) is 0 Å². The molecule has 3 heterocycles. The van der Waals surface area contributed by atoms with Crippen molar-refractivity contribution in [2.75, 3.05) is 0 Å². The number of hydrogen-bond donors (Lipinski definition) is 1. The topological polar surface area (TPSA) is 121 Å². The van der Waals surface area contributed by atoms with Gasteiger partial charge in [-0.25, -0.2) is 23.1 Å². The third-order valence-corrected chi connectivity index (χ3v) is 6.03. The molecule has 0 aliphatic heterocycles. The van der Waals surface area contributed by atoms with Crippen LogP contribution in [0.15, 0.2) is 76.0 Å². The first-order valence-electron chi connectivity index (χ1n) is 10.7. The number of rotatable bonds is 8. The summed E-state index contributed by atoms with van der Waals surface area (Å²) in [6.07, 6.45) is -0.554. The molecule has 5 aromatic rings. The second-order valence-corrected chi connectivity index (χ2v) is 9.03. The summed E-state index contributed by atoms with van der Waals surface area (Å²) in [5.41, 5.74) is -2.90. The van der Waals surface area contributed by atoms with Gasteiger partial charge in [0.2, 0.25) is 5.89 Å². The summed E-state index contributed by atoms with van der Waals surface area (Å²) in [4.78, 5) is 3.81. The lowest BCUT2D eigenvalue weighted by Gasteiger charge is -2.28. The normalized spacial score (nSPS) is 13.5. The van der Waals surface area contributed by atoms with Crippen molar-refractivity contribution in [2.24, 2.45) is 0 Å². The van der Waals surface area contributed by atoms with E-state index in [0.717, 1.165) is 36.0 Å². The molecule has 0 radical (unpaired) electrons. The van der Waals surface area contributed by atoms with Crippen LogP contribution in [0.1, 0.15) is 11.1 Å². The molecule has 1 atom stereocenters. The molecular formula is C22H15F5N8O2S. The van der Waals surface area contributed by atoms with Gasteiger partial charge < -0.3 is 9.52 Å². The summed E-state index contributed by atoms with van der Waals surface area (Å²) >= 11 is 0.876. The van der Waals surface area contributed by atoms with E-state index in [1.54, 1.807) is 0 Å². The molecule has 2 aromatic carbocycles. The highest BCUT2D eigenvalue weighted by Crippen LogP contribution is 2.34. The van der Waals surface area contributed by atoms with Gasteiger partial charge in [-0.1, -0.05) is 17.3 Å². The Morgan fingerprint density at radius 3 is 2.53 bits per heavy atom. The van der Waals surface area contributed by atoms with Crippen LogP contribution in [0.3, 0.4) is 0 Å². The maximum absolute atomic E-state index is 14.6. The number of aromatic nitrogens is 8. The Hall–Kier alpha value is -4.18. The van der Waals surface area contributed by atoms with Gasteiger partial charge >= 0.3 is 6.18 Å². The van der Waals surface area contributed by atoms with Crippen molar-refractivity contribution >= 4 is 11.8 Å². The lowest BCUT2D eigenvalue weighted by molar-refractivity contribution is -0.137. The van der Waals surface area contributed by atoms with Crippen molar-refractivity contribution < 1.29 is 31.5 Å². The van der Waals surface area contributed by atoms with Crippen LogP contribution in [0.25, 0.3) is 11.5 Å². The smallest absolute Gasteiger partial charge is 0.411 e. The van der Waals surface area contributed by atoms with Crippen LogP contribution in [0.4, 0.5) is 22.0 Å². The van der Waals surface area contributed by atoms with Crippen molar-refractivity contribution in [2.45, 2.75) is 35.1 Å². The molecule has 0 spiro atoms. The number of hydrogen-bond acceptors (Lipinski definition) is 9. The Kier molecular flexibility index (Phi) is 6.66.